The molecular formula is C19H30O2P+. The maximum atomic E-state index is 12.9. The molecule has 0 amide bonds. The molecule has 122 valence electrons. The molecule has 2 rings (SSSR count). The van der Waals surface area contributed by atoms with Crippen LogP contribution in [0.4, 0.5) is 0 Å². The first-order valence-electron chi connectivity index (χ1n) is 8.51. The summed E-state index contributed by atoms with van der Waals surface area (Å²) in [6.07, 6.45) is 3.63. The zero-order chi connectivity index (χ0) is 16.4. The minimum atomic E-state index is -1.77. The Morgan fingerprint density at radius 3 is 2.27 bits per heavy atom. The zero-order valence-corrected chi connectivity index (χ0v) is 15.7. The molecule has 1 aromatic carbocycles. The van der Waals surface area contributed by atoms with Gasteiger partial charge in [-0.05, 0) is 55.9 Å². The van der Waals surface area contributed by atoms with Crippen LogP contribution in [0, 0.1) is 38.5 Å². The van der Waals surface area contributed by atoms with Gasteiger partial charge in [0.2, 0.25) is 5.30 Å². The zero-order valence-electron chi connectivity index (χ0n) is 14.8. The molecule has 1 aliphatic rings. The van der Waals surface area contributed by atoms with Crippen LogP contribution in [0.15, 0.2) is 12.1 Å². The molecule has 0 aliphatic heterocycles. The first-order valence-corrected chi connectivity index (χ1v) is 9.69. The van der Waals surface area contributed by atoms with Crippen molar-refractivity contribution < 1.29 is 9.09 Å². The van der Waals surface area contributed by atoms with E-state index in [0.717, 1.165) is 22.9 Å². The maximum absolute atomic E-state index is 12.9. The fourth-order valence-corrected chi connectivity index (χ4v) is 5.17. The monoisotopic (exact) mass is 321 g/mol. The highest BCUT2D eigenvalue weighted by atomic mass is 31.1. The van der Waals surface area contributed by atoms with Crippen LogP contribution in [0.25, 0.3) is 0 Å². The van der Waals surface area contributed by atoms with E-state index in [4.69, 9.17) is 4.52 Å². The van der Waals surface area contributed by atoms with Crippen LogP contribution in [0.5, 0.6) is 0 Å². The molecule has 1 fully saturated rings. The Balaban J connectivity index is 2.20. The maximum Gasteiger partial charge on any atom is 0.549 e. The molecule has 0 N–H and O–H groups in total. The van der Waals surface area contributed by atoms with Crippen LogP contribution in [0.1, 0.15) is 56.7 Å². The van der Waals surface area contributed by atoms with E-state index in [1.807, 2.05) is 13.8 Å². The second-order valence-corrected chi connectivity index (χ2v) is 8.65. The normalized spacial score (nSPS) is 26.3. The highest BCUT2D eigenvalue weighted by Gasteiger charge is 2.39. The van der Waals surface area contributed by atoms with Crippen LogP contribution < -0.4 is 5.30 Å². The summed E-state index contributed by atoms with van der Waals surface area (Å²) in [7, 11) is -1.77. The Hall–Kier alpha value is -0.720. The van der Waals surface area contributed by atoms with E-state index in [1.165, 1.54) is 18.4 Å². The number of benzene rings is 1. The third-order valence-corrected chi connectivity index (χ3v) is 6.54. The summed E-state index contributed by atoms with van der Waals surface area (Å²) in [6, 6.07) is 4.20. The summed E-state index contributed by atoms with van der Waals surface area (Å²) >= 11 is 0. The van der Waals surface area contributed by atoms with Crippen molar-refractivity contribution in [3.05, 3.63) is 28.8 Å². The van der Waals surface area contributed by atoms with E-state index in [2.05, 4.69) is 39.8 Å². The highest BCUT2D eigenvalue weighted by molar-refractivity contribution is 7.48. The molecule has 0 aromatic heterocycles. The summed E-state index contributed by atoms with van der Waals surface area (Å²) in [6.45, 7) is 12.9. The average Bonchev–Trinajstić information content (AvgIpc) is 2.36. The van der Waals surface area contributed by atoms with E-state index in [0.29, 0.717) is 17.8 Å². The lowest BCUT2D eigenvalue weighted by molar-refractivity contribution is 0.0538. The lowest BCUT2D eigenvalue weighted by Crippen LogP contribution is -2.33. The molecule has 0 radical (unpaired) electrons. The lowest BCUT2D eigenvalue weighted by atomic mass is 9.75. The molecule has 0 bridgehead atoms. The summed E-state index contributed by atoms with van der Waals surface area (Å²) in [5.74, 6) is 1.78. The first-order chi connectivity index (χ1) is 10.3. The molecule has 0 saturated heterocycles. The van der Waals surface area contributed by atoms with Gasteiger partial charge in [0.1, 0.15) is 6.10 Å². The Kier molecular flexibility index (Phi) is 5.80. The molecule has 2 nitrogen and oxygen atoms in total. The first kappa shape index (κ1) is 17.6. The van der Waals surface area contributed by atoms with Crippen molar-refractivity contribution in [3.63, 3.8) is 0 Å². The predicted molar refractivity (Wildman–Crippen MR) is 94.1 cm³/mol. The SMILES string of the molecule is Cc1cc(C)c([P+](=O)OC2CC(C)CCC2C(C)C)c(C)c1. The Morgan fingerprint density at radius 2 is 1.73 bits per heavy atom. The summed E-state index contributed by atoms with van der Waals surface area (Å²) in [5, 5.41) is 0.904. The van der Waals surface area contributed by atoms with E-state index >= 15 is 0 Å². The van der Waals surface area contributed by atoms with Gasteiger partial charge in [-0.25, -0.2) is 0 Å². The standard InChI is InChI=1S/C19H30O2P/c1-12(2)17-8-7-13(3)11-18(17)21-22(20)19-15(5)9-14(4)10-16(19)6/h9-10,12-13,17-18H,7-8,11H2,1-6H3/q+1. The van der Waals surface area contributed by atoms with E-state index in [1.54, 1.807) is 0 Å². The minimum Gasteiger partial charge on any atom is -0.138 e. The van der Waals surface area contributed by atoms with Gasteiger partial charge in [0.25, 0.3) is 0 Å². The Morgan fingerprint density at radius 1 is 1.14 bits per heavy atom. The number of aryl methyl sites for hydroxylation is 3. The van der Waals surface area contributed by atoms with Gasteiger partial charge in [-0.1, -0.05) is 44.9 Å². The van der Waals surface area contributed by atoms with Crippen molar-refractivity contribution in [2.24, 2.45) is 17.8 Å². The van der Waals surface area contributed by atoms with Crippen LogP contribution >= 0.6 is 8.03 Å². The van der Waals surface area contributed by atoms with Crippen LogP contribution in [0.3, 0.4) is 0 Å². The third kappa shape index (κ3) is 3.97. The lowest BCUT2D eigenvalue weighted by Gasteiger charge is -2.33. The van der Waals surface area contributed by atoms with Crippen molar-refractivity contribution in [2.45, 2.75) is 66.9 Å². The van der Waals surface area contributed by atoms with Crippen LogP contribution in [-0.4, -0.2) is 6.10 Å². The highest BCUT2D eigenvalue weighted by Crippen LogP contribution is 2.40. The fourth-order valence-electron chi connectivity index (χ4n) is 3.87. The topological polar surface area (TPSA) is 26.3 Å². The summed E-state index contributed by atoms with van der Waals surface area (Å²) in [4.78, 5) is 0. The molecule has 0 spiro atoms. The van der Waals surface area contributed by atoms with E-state index in [-0.39, 0.29) is 6.10 Å². The second-order valence-electron chi connectivity index (χ2n) is 7.47. The molecule has 4 atom stereocenters. The Bertz CT molecular complexity index is 527. The van der Waals surface area contributed by atoms with Crippen molar-refractivity contribution in [3.8, 4) is 0 Å². The van der Waals surface area contributed by atoms with Gasteiger partial charge >= 0.3 is 8.03 Å². The van der Waals surface area contributed by atoms with Gasteiger partial charge in [0, 0.05) is 11.1 Å². The minimum absolute atomic E-state index is 0.132. The van der Waals surface area contributed by atoms with Gasteiger partial charge in [-0.15, -0.1) is 4.52 Å². The van der Waals surface area contributed by atoms with Gasteiger partial charge in [-0.3, -0.25) is 0 Å². The smallest absolute Gasteiger partial charge is 0.138 e. The molecule has 3 heteroatoms. The molecular weight excluding hydrogens is 291 g/mol. The van der Waals surface area contributed by atoms with Crippen LogP contribution in [-0.2, 0) is 9.09 Å². The van der Waals surface area contributed by atoms with Crippen molar-refractivity contribution in [1.82, 2.24) is 0 Å². The number of hydrogen-bond acceptors (Lipinski definition) is 2. The third-order valence-electron chi connectivity index (χ3n) is 5.01. The Labute approximate surface area is 136 Å². The largest absolute Gasteiger partial charge is 0.549 e. The molecule has 0 heterocycles. The van der Waals surface area contributed by atoms with E-state index < -0.39 is 8.03 Å². The average molecular weight is 321 g/mol. The van der Waals surface area contributed by atoms with Gasteiger partial charge < -0.3 is 0 Å². The van der Waals surface area contributed by atoms with Crippen LogP contribution in [0.2, 0.25) is 0 Å². The van der Waals surface area contributed by atoms with Gasteiger partial charge in [-0.2, -0.15) is 0 Å². The quantitative estimate of drug-likeness (QED) is 0.689. The summed E-state index contributed by atoms with van der Waals surface area (Å²) in [5.41, 5.74) is 3.39. The molecule has 1 aromatic rings. The number of hydrogen-bond donors (Lipinski definition) is 0. The number of rotatable bonds is 4. The van der Waals surface area contributed by atoms with Gasteiger partial charge in [0.15, 0.2) is 0 Å². The molecule has 22 heavy (non-hydrogen) atoms. The molecule has 1 saturated carbocycles. The van der Waals surface area contributed by atoms with Crippen molar-refractivity contribution in [2.75, 3.05) is 0 Å². The second kappa shape index (κ2) is 7.23. The molecule has 4 unspecified atom stereocenters. The molecule has 1 aliphatic carbocycles. The van der Waals surface area contributed by atoms with Gasteiger partial charge in [0.05, 0.1) is 0 Å². The van der Waals surface area contributed by atoms with Crippen molar-refractivity contribution in [1.29, 1.82) is 0 Å². The van der Waals surface area contributed by atoms with E-state index in [9.17, 15) is 4.57 Å². The van der Waals surface area contributed by atoms with Crippen molar-refractivity contribution >= 4 is 13.3 Å². The summed E-state index contributed by atoms with van der Waals surface area (Å²) < 4.78 is 19.0. The predicted octanol–water partition coefficient (Wildman–Crippen LogP) is 5.46. The fraction of sp³-hybridized carbons (Fsp3) is 0.684.